The number of H-pyrrole nitrogens is 1. The van der Waals surface area contributed by atoms with Gasteiger partial charge in [0, 0.05) is 47.2 Å². The molecule has 1 aromatic carbocycles. The highest BCUT2D eigenvalue weighted by Crippen LogP contribution is 2.49. The topological polar surface area (TPSA) is 118 Å². The van der Waals surface area contributed by atoms with E-state index in [1.807, 2.05) is 33.9 Å². The molecule has 0 unspecified atom stereocenters. The van der Waals surface area contributed by atoms with E-state index in [0.29, 0.717) is 44.3 Å². The molecule has 0 bridgehead atoms. The van der Waals surface area contributed by atoms with Crippen molar-refractivity contribution in [3.05, 3.63) is 40.8 Å². The van der Waals surface area contributed by atoms with Crippen LogP contribution >= 0.6 is 0 Å². The molecule has 4 aliphatic heterocycles. The Morgan fingerprint density at radius 1 is 1.25 bits per heavy atom. The average molecular weight is 608 g/mol. The normalized spacial score (nSPS) is 33.3. The van der Waals surface area contributed by atoms with E-state index in [4.69, 9.17) is 4.74 Å². The summed E-state index contributed by atoms with van der Waals surface area (Å²) in [5.41, 5.74) is 2.35. The molecule has 3 amide bonds. The second kappa shape index (κ2) is 9.86. The van der Waals surface area contributed by atoms with Crippen molar-refractivity contribution in [3.8, 4) is 0 Å². The molecule has 11 heteroatoms. The molecule has 1 aliphatic carbocycles. The number of piperazine rings is 1. The minimum Gasteiger partial charge on any atom is -0.358 e. The van der Waals surface area contributed by atoms with Crippen LogP contribution < -0.4 is 5.32 Å². The number of halogens is 1. The van der Waals surface area contributed by atoms with Crippen molar-refractivity contribution in [1.82, 2.24) is 25.0 Å². The fourth-order valence-electron chi connectivity index (χ4n) is 8.41. The van der Waals surface area contributed by atoms with Crippen molar-refractivity contribution < 1.29 is 28.6 Å². The number of likely N-dealkylation sites (N-methyl/N-ethyl adjacent to an activating group) is 1. The second-order valence-corrected chi connectivity index (χ2v) is 14.1. The first-order valence-corrected chi connectivity index (χ1v) is 15.9. The van der Waals surface area contributed by atoms with E-state index in [-0.39, 0.29) is 23.7 Å². The quantitative estimate of drug-likeness (QED) is 0.481. The number of carbonyl (C=O) groups is 3. The van der Waals surface area contributed by atoms with Gasteiger partial charge in [-0.2, -0.15) is 0 Å². The van der Waals surface area contributed by atoms with Crippen molar-refractivity contribution in [2.24, 2.45) is 17.8 Å². The van der Waals surface area contributed by atoms with Crippen LogP contribution in [0.4, 0.5) is 4.39 Å². The van der Waals surface area contributed by atoms with E-state index in [1.54, 1.807) is 24.8 Å². The number of nitrogens with one attached hydrogen (secondary N) is 2. The molecule has 10 nitrogen and oxygen atoms in total. The zero-order chi connectivity index (χ0) is 31.5. The Kier molecular flexibility index (Phi) is 6.59. The molecule has 236 valence electrons. The van der Waals surface area contributed by atoms with E-state index in [2.05, 4.69) is 15.2 Å². The maximum atomic E-state index is 15.5. The summed E-state index contributed by atoms with van der Waals surface area (Å²) in [5, 5.41) is 15.9. The third-order valence-electron chi connectivity index (χ3n) is 10.6. The van der Waals surface area contributed by atoms with Crippen molar-refractivity contribution in [1.29, 1.82) is 0 Å². The molecule has 0 saturated carbocycles. The van der Waals surface area contributed by atoms with Gasteiger partial charge in [0.25, 0.3) is 11.8 Å². The number of amides is 3. The lowest BCUT2D eigenvalue weighted by atomic mass is 9.79. The summed E-state index contributed by atoms with van der Waals surface area (Å²) in [6.45, 7) is 10.3. The summed E-state index contributed by atoms with van der Waals surface area (Å²) < 4.78 is 21.9. The zero-order valence-corrected chi connectivity index (χ0v) is 26.2. The van der Waals surface area contributed by atoms with Crippen molar-refractivity contribution >= 4 is 34.2 Å². The van der Waals surface area contributed by atoms with Gasteiger partial charge in [-0.1, -0.05) is 33.8 Å². The Balaban J connectivity index is 1.26. The number of aromatic amines is 1. The number of rotatable bonds is 5. The summed E-state index contributed by atoms with van der Waals surface area (Å²) in [6, 6.07) is 1.50. The van der Waals surface area contributed by atoms with Gasteiger partial charge in [0.05, 0.1) is 5.92 Å². The van der Waals surface area contributed by atoms with Crippen LogP contribution in [0, 0.1) is 30.5 Å². The van der Waals surface area contributed by atoms with Gasteiger partial charge in [0.2, 0.25) is 17.5 Å². The van der Waals surface area contributed by atoms with Gasteiger partial charge < -0.3 is 20.3 Å². The third kappa shape index (κ3) is 3.91. The average Bonchev–Trinajstić information content (AvgIpc) is 3.64. The number of benzene rings is 1. The van der Waals surface area contributed by atoms with Gasteiger partial charge in [0.1, 0.15) is 17.9 Å². The predicted octanol–water partition coefficient (Wildman–Crippen LogP) is 2.88. The molecule has 3 N–H and O–H groups in total. The molecule has 3 saturated heterocycles. The number of aliphatic hydroxyl groups is 1. The highest BCUT2D eigenvalue weighted by Gasteiger charge is 2.72. The number of aryl methyl sites for hydroxylation is 1. The maximum absolute atomic E-state index is 15.5. The lowest BCUT2D eigenvalue weighted by Gasteiger charge is -2.49. The van der Waals surface area contributed by atoms with Crippen LogP contribution in [0.1, 0.15) is 63.8 Å². The van der Waals surface area contributed by atoms with Crippen LogP contribution in [0.25, 0.3) is 16.5 Å². The molecule has 6 atom stereocenters. The molecule has 0 radical (unpaired) electrons. The number of ether oxygens (including phenoxy) is 1. The van der Waals surface area contributed by atoms with E-state index >= 15 is 4.39 Å². The molecule has 5 heterocycles. The fraction of sp³-hybridized carbons (Fsp3) is 0.606. The highest BCUT2D eigenvalue weighted by atomic mass is 19.1. The van der Waals surface area contributed by atoms with Crippen molar-refractivity contribution in [2.75, 3.05) is 20.1 Å². The van der Waals surface area contributed by atoms with Gasteiger partial charge in [-0.25, -0.2) is 4.39 Å². The van der Waals surface area contributed by atoms with Gasteiger partial charge in [-0.15, -0.1) is 0 Å². The summed E-state index contributed by atoms with van der Waals surface area (Å²) in [6.07, 6.45) is 4.07. The summed E-state index contributed by atoms with van der Waals surface area (Å²) >= 11 is 0. The largest absolute Gasteiger partial charge is 0.358 e. The Bertz CT molecular complexity index is 1620. The number of hydrogen-bond acceptors (Lipinski definition) is 6. The summed E-state index contributed by atoms with van der Waals surface area (Å²) in [4.78, 5) is 50.5. The first-order chi connectivity index (χ1) is 20.8. The third-order valence-corrected chi connectivity index (χ3v) is 10.6. The number of hydrogen-bond donors (Lipinski definition) is 3. The molecule has 0 spiro atoms. The Hall–Kier alpha value is -3.28. The predicted molar refractivity (Wildman–Crippen MR) is 161 cm³/mol. The van der Waals surface area contributed by atoms with Crippen LogP contribution in [-0.2, 0) is 25.5 Å². The maximum Gasteiger partial charge on any atom is 0.281 e. The molecule has 2 aromatic rings. The lowest BCUT2D eigenvalue weighted by molar-refractivity contribution is -0.322. The van der Waals surface area contributed by atoms with Crippen LogP contribution in [0.5, 0.6) is 0 Å². The molecule has 3 fully saturated rings. The summed E-state index contributed by atoms with van der Waals surface area (Å²) in [7, 11) is 1.93. The van der Waals surface area contributed by atoms with E-state index in [1.165, 1.54) is 11.0 Å². The first-order valence-electron chi connectivity index (χ1n) is 15.9. The molecular weight excluding hydrogens is 565 g/mol. The molecule has 7 rings (SSSR count). The Labute approximate surface area is 256 Å². The highest BCUT2D eigenvalue weighted by molar-refractivity contribution is 6.01. The van der Waals surface area contributed by atoms with Gasteiger partial charge in [-0.3, -0.25) is 28.9 Å². The monoisotopic (exact) mass is 607 g/mol. The van der Waals surface area contributed by atoms with E-state index in [9.17, 15) is 19.5 Å². The minimum absolute atomic E-state index is 0.0748. The minimum atomic E-state index is -2.06. The fourth-order valence-corrected chi connectivity index (χ4v) is 8.41. The van der Waals surface area contributed by atoms with Gasteiger partial charge in [-0.05, 0) is 68.8 Å². The smallest absolute Gasteiger partial charge is 0.281 e. The SMILES string of the molecule is Cc1[nH]c2ccc(F)c3c2c1C[C@@H]1C3=C[C@@H](C(=O)N[C@]2(C(C)C)O[C@@]3(O)[C@@H]4CCCN4C(=O)[C@H](CC(C)C)N3C2=O)CN1C. The number of fused-ring (bicyclic) bond motifs is 5. The second-order valence-electron chi connectivity index (χ2n) is 14.1. The van der Waals surface area contributed by atoms with Crippen molar-refractivity contribution in [3.63, 3.8) is 0 Å². The molecule has 44 heavy (non-hydrogen) atoms. The Morgan fingerprint density at radius 3 is 2.70 bits per heavy atom. The Morgan fingerprint density at radius 2 is 2.00 bits per heavy atom. The first kappa shape index (κ1) is 29.4. The van der Waals surface area contributed by atoms with Crippen LogP contribution in [-0.4, -0.2) is 92.4 Å². The van der Waals surface area contributed by atoms with Crippen LogP contribution in [0.15, 0.2) is 18.2 Å². The van der Waals surface area contributed by atoms with Crippen LogP contribution in [0.3, 0.4) is 0 Å². The van der Waals surface area contributed by atoms with Gasteiger partial charge >= 0.3 is 0 Å². The number of nitrogens with zero attached hydrogens (tertiary/aromatic N) is 3. The molecule has 1 aromatic heterocycles. The van der Waals surface area contributed by atoms with E-state index < -0.39 is 47.4 Å². The molecule has 5 aliphatic rings. The van der Waals surface area contributed by atoms with Gasteiger partial charge in [0.15, 0.2) is 0 Å². The zero-order valence-electron chi connectivity index (χ0n) is 26.2. The number of aromatic nitrogens is 1. The van der Waals surface area contributed by atoms with E-state index in [0.717, 1.165) is 27.7 Å². The molecular formula is C33H42FN5O5. The lowest BCUT2D eigenvalue weighted by Crippen LogP contribution is -2.71. The summed E-state index contributed by atoms with van der Waals surface area (Å²) in [5.74, 6) is -4.84. The number of carbonyl (C=O) groups excluding carboxylic acids is 3. The standard InChI is InChI=1S/C33H42FN5O5/c1-16(2)12-25-30(41)38-11-7-8-26(38)33(43)39(25)31(42)32(44-33,17(3)4)36-29(40)19-13-21-24(37(6)15-19)14-20-18(5)35-23-10-9-22(34)27(21)28(20)23/h9-10,13,16-17,19,24-26,35,43H,7-8,11-12,14-15H2,1-6H3,(H,36,40)/t19-,24-,25+,26+,32-,33+/m1/s1. The van der Waals surface area contributed by atoms with Crippen LogP contribution in [0.2, 0.25) is 0 Å². The van der Waals surface area contributed by atoms with Crippen molar-refractivity contribution in [2.45, 2.75) is 90.1 Å².